The topological polar surface area (TPSA) is 69.5 Å². The van der Waals surface area contributed by atoms with E-state index in [4.69, 9.17) is 14.4 Å². The van der Waals surface area contributed by atoms with Crippen molar-refractivity contribution in [3.63, 3.8) is 0 Å². The summed E-state index contributed by atoms with van der Waals surface area (Å²) in [4.78, 5) is 22.6. The van der Waals surface area contributed by atoms with Crippen molar-refractivity contribution >= 4 is 17.4 Å². The van der Waals surface area contributed by atoms with E-state index in [2.05, 4.69) is 42.4 Å². The Morgan fingerprint density at radius 2 is 1.79 bits per heavy atom. The lowest BCUT2D eigenvalue weighted by atomic mass is 9.99. The maximum atomic E-state index is 12.1. The van der Waals surface area contributed by atoms with Crippen LogP contribution in [0.4, 0.5) is 0 Å². The molecule has 0 aliphatic carbocycles. The van der Waals surface area contributed by atoms with E-state index >= 15 is 0 Å². The van der Waals surface area contributed by atoms with E-state index in [1.807, 2.05) is 26.0 Å². The van der Waals surface area contributed by atoms with Gasteiger partial charge in [-0.2, -0.15) is 0 Å². The Kier molecular flexibility index (Phi) is 7.95. The van der Waals surface area contributed by atoms with Crippen molar-refractivity contribution in [1.29, 1.82) is 0 Å². The van der Waals surface area contributed by atoms with E-state index in [1.54, 1.807) is 6.07 Å². The Labute approximate surface area is 172 Å². The summed E-state index contributed by atoms with van der Waals surface area (Å²) in [6.07, 6.45) is 0.918. The second-order valence-corrected chi connectivity index (χ2v) is 6.68. The first-order valence-corrected chi connectivity index (χ1v) is 9.47. The third kappa shape index (κ3) is 5.44. The molecule has 0 aliphatic heterocycles. The molecule has 0 bridgehead atoms. The molecule has 2 rings (SSSR count). The van der Waals surface area contributed by atoms with Crippen molar-refractivity contribution in [2.24, 2.45) is 10.3 Å². The Bertz CT molecular complexity index is 932. The smallest absolute Gasteiger partial charge is 0.360 e. The van der Waals surface area contributed by atoms with Gasteiger partial charge in [0.15, 0.2) is 5.71 Å². The zero-order valence-electron chi connectivity index (χ0n) is 17.9. The first-order valence-electron chi connectivity index (χ1n) is 9.47. The molecule has 6 heteroatoms. The van der Waals surface area contributed by atoms with Gasteiger partial charge >= 0.3 is 5.97 Å². The van der Waals surface area contributed by atoms with Crippen molar-refractivity contribution in [2.45, 2.75) is 40.7 Å². The standard InChI is InChI=1S/C23H28N2O4/c1-7-18-13-15(2)11-12-19(18)17(4)24-29-14-21-16(3)9-8-10-20(21)22(25-28-6)23(26)27-5/h8-13H,7,14H2,1-6H3/b24-17+,25-22+. The molecular formula is C23H28N2O4. The molecule has 0 fully saturated rings. The maximum absolute atomic E-state index is 12.1. The van der Waals surface area contributed by atoms with Gasteiger partial charge in [0.25, 0.3) is 0 Å². The molecule has 0 N–H and O–H groups in total. The summed E-state index contributed by atoms with van der Waals surface area (Å²) in [6, 6.07) is 11.9. The van der Waals surface area contributed by atoms with Crippen LogP contribution in [0, 0.1) is 13.8 Å². The molecule has 2 aromatic carbocycles. The van der Waals surface area contributed by atoms with E-state index in [0.29, 0.717) is 5.56 Å². The lowest BCUT2D eigenvalue weighted by Crippen LogP contribution is -2.20. The molecule has 6 nitrogen and oxygen atoms in total. The molecule has 0 aliphatic rings. The molecular weight excluding hydrogens is 368 g/mol. The van der Waals surface area contributed by atoms with Gasteiger partial charge < -0.3 is 14.4 Å². The van der Waals surface area contributed by atoms with Crippen molar-refractivity contribution in [3.8, 4) is 0 Å². The average Bonchev–Trinajstić information content (AvgIpc) is 2.72. The molecule has 0 heterocycles. The number of rotatable bonds is 8. The Hall–Kier alpha value is -3.15. The molecule has 0 saturated carbocycles. The van der Waals surface area contributed by atoms with E-state index < -0.39 is 5.97 Å². The van der Waals surface area contributed by atoms with Gasteiger partial charge in [0.1, 0.15) is 13.7 Å². The van der Waals surface area contributed by atoms with Crippen LogP contribution in [0.25, 0.3) is 0 Å². The fraction of sp³-hybridized carbons (Fsp3) is 0.348. The van der Waals surface area contributed by atoms with Crippen molar-refractivity contribution in [3.05, 3.63) is 69.8 Å². The van der Waals surface area contributed by atoms with Crippen LogP contribution >= 0.6 is 0 Å². The zero-order chi connectivity index (χ0) is 21.4. The highest BCUT2D eigenvalue weighted by Crippen LogP contribution is 2.19. The highest BCUT2D eigenvalue weighted by Gasteiger charge is 2.20. The lowest BCUT2D eigenvalue weighted by Gasteiger charge is -2.13. The van der Waals surface area contributed by atoms with Gasteiger partial charge in [-0.05, 0) is 38.3 Å². The first kappa shape index (κ1) is 22.1. The van der Waals surface area contributed by atoms with Gasteiger partial charge in [-0.3, -0.25) is 0 Å². The van der Waals surface area contributed by atoms with Gasteiger partial charge in [0, 0.05) is 16.7 Å². The van der Waals surface area contributed by atoms with Gasteiger partial charge in [-0.15, -0.1) is 0 Å². The number of hydrogen-bond acceptors (Lipinski definition) is 6. The van der Waals surface area contributed by atoms with Crippen LogP contribution in [0.3, 0.4) is 0 Å². The van der Waals surface area contributed by atoms with Gasteiger partial charge in [-0.25, -0.2) is 4.79 Å². The normalized spacial score (nSPS) is 11.9. The maximum Gasteiger partial charge on any atom is 0.360 e. The molecule has 0 aromatic heterocycles. The molecule has 0 spiro atoms. The van der Waals surface area contributed by atoms with Gasteiger partial charge in [0.05, 0.1) is 12.8 Å². The molecule has 29 heavy (non-hydrogen) atoms. The Morgan fingerprint density at radius 1 is 1.03 bits per heavy atom. The second-order valence-electron chi connectivity index (χ2n) is 6.68. The number of ether oxygens (including phenoxy) is 1. The molecule has 154 valence electrons. The number of methoxy groups -OCH3 is 1. The summed E-state index contributed by atoms with van der Waals surface area (Å²) in [6.45, 7) is 8.25. The summed E-state index contributed by atoms with van der Waals surface area (Å²) in [5.41, 5.74) is 6.75. The first-order chi connectivity index (χ1) is 13.9. The Balaban J connectivity index is 2.30. The highest BCUT2D eigenvalue weighted by atomic mass is 16.6. The summed E-state index contributed by atoms with van der Waals surface area (Å²) in [5.74, 6) is -0.578. The monoisotopic (exact) mass is 396 g/mol. The molecule has 0 amide bonds. The number of benzene rings is 2. The fourth-order valence-electron chi connectivity index (χ4n) is 3.11. The number of esters is 1. The third-order valence-corrected chi connectivity index (χ3v) is 4.67. The number of aryl methyl sites for hydroxylation is 3. The van der Waals surface area contributed by atoms with Crippen LogP contribution in [0.15, 0.2) is 46.7 Å². The highest BCUT2D eigenvalue weighted by molar-refractivity contribution is 6.43. The predicted molar refractivity (Wildman–Crippen MR) is 114 cm³/mol. The molecule has 2 aromatic rings. The molecule has 0 radical (unpaired) electrons. The SMILES string of the molecule is CCc1cc(C)ccc1/C(C)=N/OCc1c(C)cccc1/C(=N\OC)C(=O)OC. The van der Waals surface area contributed by atoms with E-state index in [-0.39, 0.29) is 12.3 Å². The zero-order valence-corrected chi connectivity index (χ0v) is 17.9. The van der Waals surface area contributed by atoms with Crippen molar-refractivity contribution in [2.75, 3.05) is 14.2 Å². The number of hydrogen-bond donors (Lipinski definition) is 0. The number of carbonyl (C=O) groups is 1. The predicted octanol–water partition coefficient (Wildman–Crippen LogP) is 4.33. The minimum atomic E-state index is -0.578. The number of oxime groups is 2. The van der Waals surface area contributed by atoms with Crippen LogP contribution in [-0.4, -0.2) is 31.6 Å². The van der Waals surface area contributed by atoms with Crippen molar-refractivity contribution in [1.82, 2.24) is 0 Å². The molecule has 0 atom stereocenters. The summed E-state index contributed by atoms with van der Waals surface area (Å²) in [5, 5.41) is 8.15. The van der Waals surface area contributed by atoms with E-state index in [9.17, 15) is 4.79 Å². The number of carbonyl (C=O) groups excluding carboxylic acids is 1. The van der Waals surface area contributed by atoms with Gasteiger partial charge in [-0.1, -0.05) is 59.2 Å². The number of nitrogens with zero attached hydrogens (tertiary/aromatic N) is 2. The Morgan fingerprint density at radius 3 is 2.45 bits per heavy atom. The third-order valence-electron chi connectivity index (χ3n) is 4.67. The van der Waals surface area contributed by atoms with Crippen LogP contribution in [0.1, 0.15) is 47.2 Å². The molecule has 0 unspecified atom stereocenters. The molecule has 0 saturated heterocycles. The van der Waals surface area contributed by atoms with E-state index in [0.717, 1.165) is 28.8 Å². The van der Waals surface area contributed by atoms with Crippen molar-refractivity contribution < 1.29 is 19.2 Å². The minimum absolute atomic E-state index is 0.0878. The summed E-state index contributed by atoms with van der Waals surface area (Å²) in [7, 11) is 2.69. The summed E-state index contributed by atoms with van der Waals surface area (Å²) < 4.78 is 4.83. The minimum Gasteiger partial charge on any atom is -0.464 e. The second kappa shape index (κ2) is 10.4. The fourth-order valence-corrected chi connectivity index (χ4v) is 3.11. The van der Waals surface area contributed by atoms with Crippen LogP contribution in [0.5, 0.6) is 0 Å². The van der Waals surface area contributed by atoms with Gasteiger partial charge in [0.2, 0.25) is 0 Å². The van der Waals surface area contributed by atoms with Crippen LogP contribution in [0.2, 0.25) is 0 Å². The van der Waals surface area contributed by atoms with E-state index in [1.165, 1.54) is 25.3 Å². The van der Waals surface area contributed by atoms with Crippen LogP contribution in [-0.2, 0) is 32.2 Å². The largest absolute Gasteiger partial charge is 0.464 e. The summed E-state index contributed by atoms with van der Waals surface area (Å²) >= 11 is 0. The lowest BCUT2D eigenvalue weighted by molar-refractivity contribution is -0.132. The van der Waals surface area contributed by atoms with Crippen LogP contribution < -0.4 is 0 Å². The quantitative estimate of drug-likeness (QED) is 0.378. The average molecular weight is 396 g/mol.